The highest BCUT2D eigenvalue weighted by atomic mass is 16.2. The number of Topliss-reactive ketones (excluding diaryl/α,β-unsaturated/α-hetero) is 1. The van der Waals surface area contributed by atoms with Crippen molar-refractivity contribution in [2.24, 2.45) is 40.9 Å². The van der Waals surface area contributed by atoms with Crippen molar-refractivity contribution in [3.05, 3.63) is 48.6 Å². The second-order valence-electron chi connectivity index (χ2n) is 19.7. The van der Waals surface area contributed by atoms with Crippen LogP contribution in [0.3, 0.4) is 0 Å². The second-order valence-corrected chi connectivity index (χ2v) is 19.7. The van der Waals surface area contributed by atoms with Crippen molar-refractivity contribution in [2.75, 3.05) is 27.2 Å². The first-order valence-electron chi connectivity index (χ1n) is 22.3. The number of hydrogen-bond donors (Lipinski definition) is 5. The van der Waals surface area contributed by atoms with Crippen molar-refractivity contribution in [1.82, 2.24) is 36.4 Å². The van der Waals surface area contributed by atoms with Crippen molar-refractivity contribution in [1.29, 1.82) is 0 Å². The lowest BCUT2D eigenvalue weighted by atomic mass is 9.53. The third-order valence-corrected chi connectivity index (χ3v) is 14.9. The maximum atomic E-state index is 14.8. The van der Waals surface area contributed by atoms with E-state index in [2.05, 4.69) is 47.0 Å². The number of carbonyl (C=O) groups is 7. The van der Waals surface area contributed by atoms with Gasteiger partial charge in [0.2, 0.25) is 29.4 Å². The van der Waals surface area contributed by atoms with E-state index < -0.39 is 54.2 Å². The van der Waals surface area contributed by atoms with Crippen LogP contribution in [0.15, 0.2) is 43.0 Å². The first kappa shape index (κ1) is 43.3. The van der Waals surface area contributed by atoms with Gasteiger partial charge in [0.1, 0.15) is 18.1 Å². The molecule has 1 aliphatic heterocycles. The van der Waals surface area contributed by atoms with E-state index >= 15 is 0 Å². The number of nitrogens with zero attached hydrogens (tertiary/aromatic N) is 2. The molecular weight excluding hydrogens is 763 g/mol. The number of likely N-dealkylation sites (tertiary alicyclic amines) is 1. The molecule has 0 radical (unpaired) electrons. The SMILES string of the molecule is C=CCCC(NC(=O)[C@@H]1[C@@H]2C(CN1C(=O)[C@@H](NC(=O)NC13CC4CC(CC(C4)C1)C3)C1CCCCC1)C2(C)C)C(=O)C(=O)NCC(=O)N[C@H](C(=O)N(C)C)c1ccccc1. The molecule has 0 aromatic heterocycles. The van der Waals surface area contributed by atoms with Crippen molar-refractivity contribution in [3.63, 3.8) is 0 Å². The molecule has 1 heterocycles. The summed E-state index contributed by atoms with van der Waals surface area (Å²) in [6.07, 6.45) is 13.3. The smallest absolute Gasteiger partial charge is 0.315 e. The number of nitrogens with one attached hydrogen (secondary N) is 5. The highest BCUT2D eigenvalue weighted by Gasteiger charge is 2.70. The summed E-state index contributed by atoms with van der Waals surface area (Å²) >= 11 is 0. The zero-order valence-corrected chi connectivity index (χ0v) is 35.8. The summed E-state index contributed by atoms with van der Waals surface area (Å²) in [4.78, 5) is 99.1. The molecule has 6 atom stereocenters. The predicted octanol–water partition coefficient (Wildman–Crippen LogP) is 3.77. The Bertz CT molecular complexity index is 1810. The zero-order valence-electron chi connectivity index (χ0n) is 35.8. The molecule has 0 spiro atoms. The summed E-state index contributed by atoms with van der Waals surface area (Å²) < 4.78 is 0. The van der Waals surface area contributed by atoms with Crippen LogP contribution in [0, 0.1) is 40.9 Å². The molecule has 1 aromatic carbocycles. The van der Waals surface area contributed by atoms with Crippen LogP contribution in [0.2, 0.25) is 0 Å². The molecule has 7 amide bonds. The van der Waals surface area contributed by atoms with Gasteiger partial charge in [0.15, 0.2) is 0 Å². The molecule has 14 nitrogen and oxygen atoms in total. The summed E-state index contributed by atoms with van der Waals surface area (Å²) in [6, 6.07) is 4.45. The van der Waals surface area contributed by atoms with Crippen LogP contribution in [0.4, 0.5) is 4.79 Å². The third-order valence-electron chi connectivity index (χ3n) is 14.9. The van der Waals surface area contributed by atoms with Crippen LogP contribution in [0.1, 0.15) is 109 Å². The number of allylic oxidation sites excluding steroid dienone is 1. The van der Waals surface area contributed by atoms with E-state index in [0.29, 0.717) is 36.3 Å². The van der Waals surface area contributed by atoms with E-state index in [9.17, 15) is 33.6 Å². The number of amides is 7. The van der Waals surface area contributed by atoms with Crippen LogP contribution in [0.25, 0.3) is 0 Å². The molecule has 60 heavy (non-hydrogen) atoms. The number of likely N-dealkylation sites (N-methyl/N-ethyl adjacent to an activating group) is 1. The van der Waals surface area contributed by atoms with E-state index in [1.807, 2.05) is 0 Å². The van der Waals surface area contributed by atoms with E-state index in [0.717, 1.165) is 51.4 Å². The molecule has 6 aliphatic carbocycles. The number of carbonyl (C=O) groups excluding carboxylic acids is 7. The molecule has 2 unspecified atom stereocenters. The van der Waals surface area contributed by atoms with Crippen molar-refractivity contribution < 1.29 is 33.6 Å². The van der Waals surface area contributed by atoms with Gasteiger partial charge < -0.3 is 36.4 Å². The normalized spacial score (nSPS) is 29.8. The standard InChI is InChI=1S/C46H65N7O7/c1-6-7-18-33(39(55)41(57)47-25-34(54)49-36(42(58)52(4)5)30-14-10-8-11-15-30)48-40(56)38-35-32(45(35,2)3)26-53(38)43(59)37(31-16-12-9-13-17-31)50-44(60)51-46-22-27-19-28(23-46)21-29(20-27)24-46/h6,8,10-11,14-15,27-29,31-33,35-38H,1,7,9,12-13,16-26H2,2-5H3,(H,47,57)(H,48,56)(H,49,54)(H2,50,51,60)/t27?,28?,29?,32?,33?,35-,36-,37-,38-,46?/m0/s1. The highest BCUT2D eigenvalue weighted by molar-refractivity contribution is 6.38. The Morgan fingerprint density at radius 2 is 1.52 bits per heavy atom. The second kappa shape index (κ2) is 17.7. The summed E-state index contributed by atoms with van der Waals surface area (Å²) in [6.45, 7) is 7.68. The first-order valence-corrected chi connectivity index (χ1v) is 22.3. The van der Waals surface area contributed by atoms with Crippen LogP contribution in [-0.2, 0) is 28.8 Å². The molecule has 1 aromatic rings. The quantitative estimate of drug-likeness (QED) is 0.124. The molecule has 326 valence electrons. The van der Waals surface area contributed by atoms with Gasteiger partial charge in [-0.05, 0) is 111 Å². The molecule has 8 rings (SSSR count). The summed E-state index contributed by atoms with van der Waals surface area (Å²) in [5.41, 5.74) is 0.111. The summed E-state index contributed by atoms with van der Waals surface area (Å²) in [7, 11) is 3.14. The van der Waals surface area contributed by atoms with Crippen molar-refractivity contribution in [3.8, 4) is 0 Å². The van der Waals surface area contributed by atoms with Gasteiger partial charge in [0.05, 0.1) is 12.6 Å². The lowest BCUT2D eigenvalue weighted by molar-refractivity contribution is -0.145. The van der Waals surface area contributed by atoms with E-state index in [1.54, 1.807) is 55.4 Å². The minimum absolute atomic E-state index is 0.0613. The number of rotatable bonds is 16. The van der Waals surface area contributed by atoms with Crippen LogP contribution < -0.4 is 26.6 Å². The molecule has 1 saturated heterocycles. The monoisotopic (exact) mass is 827 g/mol. The summed E-state index contributed by atoms with van der Waals surface area (Å²) in [5, 5.41) is 14.4. The van der Waals surface area contributed by atoms with E-state index in [4.69, 9.17) is 0 Å². The Morgan fingerprint density at radius 3 is 2.12 bits per heavy atom. The third kappa shape index (κ3) is 9.12. The molecule has 7 fully saturated rings. The number of fused-ring (bicyclic) bond motifs is 1. The fourth-order valence-electron chi connectivity index (χ4n) is 12.1. The Balaban J connectivity index is 1.02. The number of piperidine rings is 1. The van der Waals surface area contributed by atoms with Gasteiger partial charge >= 0.3 is 6.03 Å². The van der Waals surface area contributed by atoms with E-state index in [1.165, 1.54) is 24.2 Å². The average Bonchev–Trinajstić information content (AvgIpc) is 3.50. The maximum absolute atomic E-state index is 14.8. The Kier molecular flexibility index (Phi) is 12.8. The van der Waals surface area contributed by atoms with Gasteiger partial charge in [-0.15, -0.1) is 6.58 Å². The lowest BCUT2D eigenvalue weighted by Gasteiger charge is -2.56. The predicted molar refractivity (Wildman–Crippen MR) is 225 cm³/mol. The topological polar surface area (TPSA) is 186 Å². The van der Waals surface area contributed by atoms with Gasteiger partial charge in [0, 0.05) is 26.2 Å². The highest BCUT2D eigenvalue weighted by Crippen LogP contribution is 2.65. The van der Waals surface area contributed by atoms with Crippen LogP contribution in [-0.4, -0.2) is 102 Å². The van der Waals surface area contributed by atoms with Gasteiger partial charge in [-0.3, -0.25) is 28.8 Å². The summed E-state index contributed by atoms with van der Waals surface area (Å²) in [5.74, 6) is -2.06. The molecule has 6 saturated carbocycles. The van der Waals surface area contributed by atoms with Crippen LogP contribution >= 0.6 is 0 Å². The molecule has 7 aliphatic rings. The number of hydrogen-bond acceptors (Lipinski definition) is 7. The van der Waals surface area contributed by atoms with Gasteiger partial charge in [0.25, 0.3) is 5.91 Å². The first-order chi connectivity index (χ1) is 28.6. The number of ketones is 1. The largest absolute Gasteiger partial charge is 0.347 e. The molecular formula is C46H65N7O7. The van der Waals surface area contributed by atoms with E-state index in [-0.39, 0.29) is 53.0 Å². The minimum atomic E-state index is -1.25. The lowest BCUT2D eigenvalue weighted by Crippen LogP contribution is -2.64. The van der Waals surface area contributed by atoms with Crippen LogP contribution in [0.5, 0.6) is 0 Å². The average molecular weight is 828 g/mol. The Hall–Kier alpha value is -4.75. The fraction of sp³-hybridized carbons (Fsp3) is 0.674. The number of benzene rings is 1. The van der Waals surface area contributed by atoms with Gasteiger partial charge in [-0.25, -0.2) is 4.79 Å². The maximum Gasteiger partial charge on any atom is 0.315 e. The van der Waals surface area contributed by atoms with Gasteiger partial charge in [-0.2, -0.15) is 0 Å². The van der Waals surface area contributed by atoms with Gasteiger partial charge in [-0.1, -0.05) is 69.5 Å². The molecule has 5 N–H and O–H groups in total. The van der Waals surface area contributed by atoms with Crippen molar-refractivity contribution in [2.45, 2.75) is 127 Å². The Morgan fingerprint density at radius 1 is 0.883 bits per heavy atom. The Labute approximate surface area is 354 Å². The minimum Gasteiger partial charge on any atom is -0.347 e. The van der Waals surface area contributed by atoms with Crippen molar-refractivity contribution >= 4 is 41.4 Å². The molecule has 14 heteroatoms. The molecule has 4 bridgehead atoms. The number of urea groups is 1. The fourth-order valence-corrected chi connectivity index (χ4v) is 12.1. The zero-order chi connectivity index (χ0) is 42.9.